The molecule has 2 saturated carbocycles. The third-order valence-electron chi connectivity index (χ3n) is 8.54. The van der Waals surface area contributed by atoms with Crippen LogP contribution < -0.4 is 4.74 Å². The molecule has 1 aromatic carbocycles. The standard InChI is InChI=1S/C24H27NO.CH4/c1-23-12-10-18-17-6-3-2-5-16(17)8-9-19(18)20(23)11-13-24(23)15-21-22(26-24)7-4-14-25-21;/h2-7,14,18-20H,8-13,15H2,1H3;1H4/t18-,19-,20+,23+,24-;/m1./s1. The van der Waals surface area contributed by atoms with Crippen molar-refractivity contribution in [3.63, 3.8) is 0 Å². The summed E-state index contributed by atoms with van der Waals surface area (Å²) >= 11 is 0. The summed E-state index contributed by atoms with van der Waals surface area (Å²) in [6.07, 6.45) is 10.7. The van der Waals surface area contributed by atoms with Gasteiger partial charge in [-0.25, -0.2) is 0 Å². The molecule has 0 amide bonds. The predicted octanol–water partition coefficient (Wildman–Crippen LogP) is 5.95. The summed E-state index contributed by atoms with van der Waals surface area (Å²) < 4.78 is 6.71. The van der Waals surface area contributed by atoms with Crippen molar-refractivity contribution < 1.29 is 4.74 Å². The third kappa shape index (κ3) is 2.16. The summed E-state index contributed by atoms with van der Waals surface area (Å²) in [7, 11) is 0. The number of benzene rings is 1. The van der Waals surface area contributed by atoms with Crippen molar-refractivity contribution >= 4 is 0 Å². The fourth-order valence-electron chi connectivity index (χ4n) is 7.24. The Kier molecular flexibility index (Phi) is 3.73. The van der Waals surface area contributed by atoms with E-state index in [0.29, 0.717) is 5.41 Å². The van der Waals surface area contributed by atoms with E-state index < -0.39 is 0 Å². The minimum atomic E-state index is -0.00368. The first-order valence-electron chi connectivity index (χ1n) is 10.4. The highest BCUT2D eigenvalue weighted by molar-refractivity contribution is 5.39. The molecule has 1 spiro atoms. The summed E-state index contributed by atoms with van der Waals surface area (Å²) in [6.45, 7) is 2.55. The van der Waals surface area contributed by atoms with Gasteiger partial charge in [-0.15, -0.1) is 0 Å². The third-order valence-corrected chi connectivity index (χ3v) is 8.54. The Balaban J connectivity index is 0.00000160. The van der Waals surface area contributed by atoms with Crippen LogP contribution in [0.1, 0.15) is 69.2 Å². The van der Waals surface area contributed by atoms with Gasteiger partial charge in [0.05, 0.1) is 5.69 Å². The molecule has 0 N–H and O–H groups in total. The second-order valence-corrected chi connectivity index (χ2v) is 9.33. The number of hydrogen-bond acceptors (Lipinski definition) is 2. The molecule has 0 saturated heterocycles. The lowest BCUT2D eigenvalue weighted by Gasteiger charge is -2.53. The smallest absolute Gasteiger partial charge is 0.141 e. The number of aryl methyl sites for hydroxylation is 1. The van der Waals surface area contributed by atoms with E-state index in [1.807, 2.05) is 12.3 Å². The molecule has 5 atom stereocenters. The molecule has 2 aromatic rings. The molecule has 3 aliphatic carbocycles. The van der Waals surface area contributed by atoms with Crippen molar-refractivity contribution in [3.05, 3.63) is 59.4 Å². The van der Waals surface area contributed by atoms with E-state index in [1.165, 1.54) is 44.2 Å². The lowest BCUT2D eigenvalue weighted by Crippen LogP contribution is -2.53. The van der Waals surface area contributed by atoms with Gasteiger partial charge < -0.3 is 4.74 Å². The lowest BCUT2D eigenvalue weighted by molar-refractivity contribution is -0.0725. The van der Waals surface area contributed by atoms with Gasteiger partial charge in [0.1, 0.15) is 11.4 Å². The quantitative estimate of drug-likeness (QED) is 0.578. The molecule has 2 heterocycles. The molecule has 0 radical (unpaired) electrons. The normalized spacial score (nSPS) is 38.2. The van der Waals surface area contributed by atoms with Crippen LogP contribution in [0.25, 0.3) is 0 Å². The van der Waals surface area contributed by atoms with Crippen molar-refractivity contribution in [2.75, 3.05) is 0 Å². The van der Waals surface area contributed by atoms with Gasteiger partial charge in [0.2, 0.25) is 0 Å². The largest absolute Gasteiger partial charge is 0.484 e. The maximum absolute atomic E-state index is 6.71. The zero-order chi connectivity index (χ0) is 17.4. The summed E-state index contributed by atoms with van der Waals surface area (Å²) in [4.78, 5) is 4.63. The van der Waals surface area contributed by atoms with Gasteiger partial charge in [-0.05, 0) is 79.5 Å². The molecule has 0 unspecified atom stereocenters. The zero-order valence-corrected chi connectivity index (χ0v) is 15.6. The molecular weight excluding hydrogens is 330 g/mol. The summed E-state index contributed by atoms with van der Waals surface area (Å²) in [5.41, 5.74) is 4.74. The second kappa shape index (κ2) is 5.83. The lowest BCUT2D eigenvalue weighted by atomic mass is 9.53. The molecule has 1 aliphatic heterocycles. The van der Waals surface area contributed by atoms with Crippen LogP contribution in [0.15, 0.2) is 42.6 Å². The van der Waals surface area contributed by atoms with Gasteiger partial charge in [-0.1, -0.05) is 38.6 Å². The first-order chi connectivity index (χ1) is 12.7. The first-order valence-corrected chi connectivity index (χ1v) is 10.4. The number of ether oxygens (including phenoxy) is 1. The predicted molar refractivity (Wildman–Crippen MR) is 109 cm³/mol. The number of aromatic nitrogens is 1. The van der Waals surface area contributed by atoms with Crippen molar-refractivity contribution in [1.82, 2.24) is 4.98 Å². The Morgan fingerprint density at radius 2 is 1.93 bits per heavy atom. The maximum Gasteiger partial charge on any atom is 0.141 e. The van der Waals surface area contributed by atoms with Crippen LogP contribution in [0, 0.1) is 17.3 Å². The molecule has 4 aliphatic rings. The number of nitrogens with zero attached hydrogens (tertiary/aromatic N) is 1. The van der Waals surface area contributed by atoms with Gasteiger partial charge in [0.25, 0.3) is 0 Å². The van der Waals surface area contributed by atoms with E-state index in [9.17, 15) is 0 Å². The number of pyridine rings is 1. The second-order valence-electron chi connectivity index (χ2n) is 9.33. The van der Waals surface area contributed by atoms with Crippen LogP contribution in [0.2, 0.25) is 0 Å². The summed E-state index contributed by atoms with van der Waals surface area (Å²) in [6, 6.07) is 13.4. The van der Waals surface area contributed by atoms with Crippen molar-refractivity contribution in [2.24, 2.45) is 17.3 Å². The first kappa shape index (κ1) is 17.3. The molecule has 6 rings (SSSR count). The van der Waals surface area contributed by atoms with Crippen LogP contribution in [0.5, 0.6) is 5.75 Å². The minimum Gasteiger partial charge on any atom is -0.484 e. The molecule has 27 heavy (non-hydrogen) atoms. The van der Waals surface area contributed by atoms with E-state index in [0.717, 1.165) is 29.9 Å². The fourth-order valence-corrected chi connectivity index (χ4v) is 7.24. The Hall–Kier alpha value is -1.83. The average molecular weight is 362 g/mol. The zero-order valence-electron chi connectivity index (χ0n) is 15.6. The van der Waals surface area contributed by atoms with Gasteiger partial charge in [0, 0.05) is 18.0 Å². The van der Waals surface area contributed by atoms with Crippen molar-refractivity contribution in [2.45, 2.75) is 70.8 Å². The number of hydrogen-bond donors (Lipinski definition) is 0. The molecule has 2 heteroatoms. The van der Waals surface area contributed by atoms with Gasteiger partial charge in [-0.2, -0.15) is 0 Å². The Labute approximate surface area is 163 Å². The van der Waals surface area contributed by atoms with E-state index in [2.05, 4.69) is 42.2 Å². The monoisotopic (exact) mass is 361 g/mol. The van der Waals surface area contributed by atoms with E-state index in [4.69, 9.17) is 4.74 Å². The molecule has 2 fully saturated rings. The average Bonchev–Trinajstić information content (AvgIpc) is 3.19. The Morgan fingerprint density at radius 1 is 1.04 bits per heavy atom. The molecule has 2 nitrogen and oxygen atoms in total. The molecule has 0 bridgehead atoms. The maximum atomic E-state index is 6.71. The van der Waals surface area contributed by atoms with E-state index in [1.54, 1.807) is 11.1 Å². The highest BCUT2D eigenvalue weighted by atomic mass is 16.5. The van der Waals surface area contributed by atoms with Gasteiger partial charge in [-0.3, -0.25) is 4.98 Å². The van der Waals surface area contributed by atoms with Crippen molar-refractivity contribution in [3.8, 4) is 5.75 Å². The molecule has 1 aromatic heterocycles. The van der Waals surface area contributed by atoms with E-state index in [-0.39, 0.29) is 13.0 Å². The summed E-state index contributed by atoms with van der Waals surface area (Å²) in [5, 5.41) is 0. The number of rotatable bonds is 0. The van der Waals surface area contributed by atoms with Crippen LogP contribution in [0.3, 0.4) is 0 Å². The van der Waals surface area contributed by atoms with Gasteiger partial charge in [0.15, 0.2) is 0 Å². The highest BCUT2D eigenvalue weighted by Gasteiger charge is 2.65. The van der Waals surface area contributed by atoms with Crippen molar-refractivity contribution in [1.29, 1.82) is 0 Å². The number of fused-ring (bicyclic) bond motifs is 7. The van der Waals surface area contributed by atoms with Gasteiger partial charge >= 0.3 is 0 Å². The molecular formula is C25H31NO. The Bertz CT molecular complexity index is 849. The fraction of sp³-hybridized carbons (Fsp3) is 0.560. The highest BCUT2D eigenvalue weighted by Crippen LogP contribution is 2.67. The van der Waals surface area contributed by atoms with Crippen LogP contribution in [0.4, 0.5) is 0 Å². The van der Waals surface area contributed by atoms with Crippen LogP contribution in [-0.2, 0) is 12.8 Å². The van der Waals surface area contributed by atoms with E-state index >= 15 is 0 Å². The van der Waals surface area contributed by atoms with Crippen LogP contribution in [-0.4, -0.2) is 10.6 Å². The SMILES string of the molecule is C.C[C@]12CC[C@@H]3c4ccccc4CC[C@H]3[C@@H]1CC[C@@]21Cc2ncccc2O1. The summed E-state index contributed by atoms with van der Waals surface area (Å²) in [5.74, 6) is 3.45. The van der Waals surface area contributed by atoms with Crippen LogP contribution >= 0.6 is 0 Å². The molecule has 142 valence electrons. The topological polar surface area (TPSA) is 22.1 Å². The Morgan fingerprint density at radius 3 is 2.81 bits per heavy atom. The minimum absolute atomic E-state index is 0.